The smallest absolute Gasteiger partial charge is 0.258 e. The van der Waals surface area contributed by atoms with Crippen molar-refractivity contribution in [2.75, 3.05) is 17.2 Å². The van der Waals surface area contributed by atoms with Gasteiger partial charge in [-0.05, 0) is 48.4 Å². The van der Waals surface area contributed by atoms with Crippen molar-refractivity contribution in [1.29, 1.82) is 0 Å². The third kappa shape index (κ3) is 4.67. The summed E-state index contributed by atoms with van der Waals surface area (Å²) in [5.74, 6) is -0.984. The summed E-state index contributed by atoms with van der Waals surface area (Å²) in [5, 5.41) is 6.04. The lowest BCUT2D eigenvalue weighted by Gasteiger charge is -2.09. The van der Waals surface area contributed by atoms with Gasteiger partial charge < -0.3 is 10.6 Å². The summed E-state index contributed by atoms with van der Waals surface area (Å²) in [5.41, 5.74) is 2.91. The average Bonchev–Trinajstić information content (AvgIpc) is 2.64. The van der Waals surface area contributed by atoms with E-state index in [1.165, 1.54) is 17.7 Å². The molecule has 0 radical (unpaired) electrons. The summed E-state index contributed by atoms with van der Waals surface area (Å²) in [6.45, 7) is 0.824. The Morgan fingerprint density at radius 3 is 2.16 bits per heavy atom. The van der Waals surface area contributed by atoms with Crippen LogP contribution in [0.15, 0.2) is 78.9 Å². The van der Waals surface area contributed by atoms with Crippen molar-refractivity contribution in [3.05, 3.63) is 95.8 Å². The minimum Gasteiger partial charge on any atom is -0.385 e. The molecule has 4 heteroatoms. The Hall–Kier alpha value is -3.14. The zero-order valence-corrected chi connectivity index (χ0v) is 13.7. The van der Waals surface area contributed by atoms with Gasteiger partial charge in [0.25, 0.3) is 5.91 Å². The lowest BCUT2D eigenvalue weighted by Crippen LogP contribution is -2.13. The van der Waals surface area contributed by atoms with Gasteiger partial charge in [-0.2, -0.15) is 0 Å². The summed E-state index contributed by atoms with van der Waals surface area (Å²) in [6, 6.07) is 23.6. The molecule has 0 aliphatic rings. The summed E-state index contributed by atoms with van der Waals surface area (Å²) >= 11 is 0. The van der Waals surface area contributed by atoms with Crippen LogP contribution in [0.2, 0.25) is 0 Å². The van der Waals surface area contributed by atoms with Gasteiger partial charge in [-0.3, -0.25) is 4.79 Å². The van der Waals surface area contributed by atoms with E-state index in [4.69, 9.17) is 0 Å². The van der Waals surface area contributed by atoms with Gasteiger partial charge in [0.1, 0.15) is 5.82 Å². The maximum absolute atomic E-state index is 13.6. The Labute approximate surface area is 146 Å². The second kappa shape index (κ2) is 8.11. The van der Waals surface area contributed by atoms with Crippen molar-refractivity contribution in [2.24, 2.45) is 0 Å². The third-order valence-corrected chi connectivity index (χ3v) is 3.85. The van der Waals surface area contributed by atoms with Crippen LogP contribution in [0.5, 0.6) is 0 Å². The molecule has 3 aromatic rings. The molecule has 0 aromatic heterocycles. The maximum atomic E-state index is 13.6. The molecule has 3 nitrogen and oxygen atoms in total. The van der Waals surface area contributed by atoms with Crippen molar-refractivity contribution in [1.82, 2.24) is 0 Å². The van der Waals surface area contributed by atoms with Crippen LogP contribution >= 0.6 is 0 Å². The molecule has 0 aliphatic heterocycles. The summed E-state index contributed by atoms with van der Waals surface area (Å²) in [7, 11) is 0. The first kappa shape index (κ1) is 16.7. The number of hydrogen-bond donors (Lipinski definition) is 2. The first-order valence-corrected chi connectivity index (χ1v) is 8.16. The lowest BCUT2D eigenvalue weighted by molar-refractivity contribution is 0.102. The zero-order valence-electron chi connectivity index (χ0n) is 13.7. The molecule has 0 saturated heterocycles. The number of carbonyl (C=O) groups is 1. The fourth-order valence-corrected chi connectivity index (χ4v) is 2.51. The molecule has 0 spiro atoms. The van der Waals surface area contributed by atoms with Gasteiger partial charge >= 0.3 is 0 Å². The van der Waals surface area contributed by atoms with E-state index in [0.717, 1.165) is 18.7 Å². The van der Waals surface area contributed by atoms with Gasteiger partial charge in [-0.1, -0.05) is 42.5 Å². The zero-order chi connectivity index (χ0) is 17.5. The Morgan fingerprint density at radius 1 is 0.800 bits per heavy atom. The average molecular weight is 334 g/mol. The van der Waals surface area contributed by atoms with Crippen LogP contribution in [0.3, 0.4) is 0 Å². The van der Waals surface area contributed by atoms with Gasteiger partial charge in [0.2, 0.25) is 0 Å². The van der Waals surface area contributed by atoms with Crippen LogP contribution in [-0.2, 0) is 6.42 Å². The summed E-state index contributed by atoms with van der Waals surface area (Å²) in [6.07, 6.45) is 0.937. The largest absolute Gasteiger partial charge is 0.385 e. The predicted octanol–water partition coefficient (Wildman–Crippen LogP) is 4.73. The number of benzene rings is 3. The van der Waals surface area contributed by atoms with E-state index in [9.17, 15) is 9.18 Å². The second-order valence-electron chi connectivity index (χ2n) is 5.67. The normalized spacial score (nSPS) is 10.3. The molecule has 3 aromatic carbocycles. The molecule has 1 amide bonds. The Morgan fingerprint density at radius 2 is 1.44 bits per heavy atom. The molecule has 0 atom stereocenters. The molecule has 0 heterocycles. The highest BCUT2D eigenvalue weighted by Crippen LogP contribution is 2.16. The lowest BCUT2D eigenvalue weighted by atomic mass is 10.1. The highest BCUT2D eigenvalue weighted by molar-refractivity contribution is 6.04. The fourth-order valence-electron chi connectivity index (χ4n) is 2.51. The SMILES string of the molecule is O=C(Nc1ccc(NCCc2ccccc2)cc1)c1ccccc1F. The van der Waals surface area contributed by atoms with E-state index >= 15 is 0 Å². The first-order valence-electron chi connectivity index (χ1n) is 8.16. The van der Waals surface area contributed by atoms with Crippen LogP contribution in [0.1, 0.15) is 15.9 Å². The number of nitrogens with one attached hydrogen (secondary N) is 2. The molecule has 126 valence electrons. The number of amides is 1. The monoisotopic (exact) mass is 334 g/mol. The van der Waals surface area contributed by atoms with E-state index in [-0.39, 0.29) is 5.56 Å². The van der Waals surface area contributed by atoms with Crippen LogP contribution in [0, 0.1) is 5.82 Å². The highest BCUT2D eigenvalue weighted by atomic mass is 19.1. The van der Waals surface area contributed by atoms with Crippen LogP contribution in [0.4, 0.5) is 15.8 Å². The number of anilines is 2. The highest BCUT2D eigenvalue weighted by Gasteiger charge is 2.10. The minimum atomic E-state index is -0.529. The molecule has 0 unspecified atom stereocenters. The number of halogens is 1. The number of hydrogen-bond acceptors (Lipinski definition) is 2. The molecule has 0 saturated carbocycles. The van der Waals surface area contributed by atoms with E-state index < -0.39 is 11.7 Å². The Balaban J connectivity index is 1.53. The summed E-state index contributed by atoms with van der Waals surface area (Å²) in [4.78, 5) is 12.1. The minimum absolute atomic E-state index is 0.0348. The standard InChI is InChI=1S/C21H19FN2O/c22-20-9-5-4-8-19(20)21(25)24-18-12-10-17(11-13-18)23-15-14-16-6-2-1-3-7-16/h1-13,23H,14-15H2,(H,24,25). The van der Waals surface area contributed by atoms with E-state index in [0.29, 0.717) is 5.69 Å². The number of rotatable bonds is 6. The maximum Gasteiger partial charge on any atom is 0.258 e. The van der Waals surface area contributed by atoms with Crippen molar-refractivity contribution >= 4 is 17.3 Å². The van der Waals surface area contributed by atoms with E-state index in [2.05, 4.69) is 22.8 Å². The van der Waals surface area contributed by atoms with Crippen molar-refractivity contribution < 1.29 is 9.18 Å². The van der Waals surface area contributed by atoms with Crippen LogP contribution < -0.4 is 10.6 Å². The van der Waals surface area contributed by atoms with Crippen LogP contribution in [0.25, 0.3) is 0 Å². The van der Waals surface area contributed by atoms with Crippen molar-refractivity contribution in [3.8, 4) is 0 Å². The molecular weight excluding hydrogens is 315 g/mol. The van der Waals surface area contributed by atoms with Gasteiger partial charge in [0, 0.05) is 17.9 Å². The molecule has 0 bridgehead atoms. The van der Waals surface area contributed by atoms with Crippen molar-refractivity contribution in [3.63, 3.8) is 0 Å². The van der Waals surface area contributed by atoms with Crippen LogP contribution in [-0.4, -0.2) is 12.5 Å². The third-order valence-electron chi connectivity index (χ3n) is 3.85. The van der Waals surface area contributed by atoms with Gasteiger partial charge in [0.05, 0.1) is 5.56 Å². The molecule has 0 fully saturated rings. The van der Waals surface area contributed by atoms with E-state index in [1.807, 2.05) is 30.3 Å². The molecule has 0 aliphatic carbocycles. The number of carbonyl (C=O) groups excluding carboxylic acids is 1. The fraction of sp³-hybridized carbons (Fsp3) is 0.0952. The van der Waals surface area contributed by atoms with E-state index in [1.54, 1.807) is 24.3 Å². The molecule has 2 N–H and O–H groups in total. The van der Waals surface area contributed by atoms with Crippen molar-refractivity contribution in [2.45, 2.75) is 6.42 Å². The van der Waals surface area contributed by atoms with Gasteiger partial charge in [0.15, 0.2) is 0 Å². The summed E-state index contributed by atoms with van der Waals surface area (Å²) < 4.78 is 13.6. The second-order valence-corrected chi connectivity index (χ2v) is 5.67. The Bertz CT molecular complexity index is 832. The molecule has 25 heavy (non-hydrogen) atoms. The first-order chi connectivity index (χ1) is 12.2. The van der Waals surface area contributed by atoms with Gasteiger partial charge in [-0.15, -0.1) is 0 Å². The predicted molar refractivity (Wildman–Crippen MR) is 99.4 cm³/mol. The molecular formula is C21H19FN2O. The topological polar surface area (TPSA) is 41.1 Å². The molecule has 3 rings (SSSR count). The quantitative estimate of drug-likeness (QED) is 0.684. The van der Waals surface area contributed by atoms with Gasteiger partial charge in [-0.25, -0.2) is 4.39 Å². The Kier molecular flexibility index (Phi) is 5.42.